The van der Waals surface area contributed by atoms with Crippen molar-refractivity contribution in [3.63, 3.8) is 0 Å². The molecule has 4 nitrogen and oxygen atoms in total. The Morgan fingerprint density at radius 2 is 0.350 bits per heavy atom. The average molecular weight is 1270 g/mol. The maximum absolute atomic E-state index is 2.46. The fourth-order valence-corrected chi connectivity index (χ4v) is 15.6. The summed E-state index contributed by atoms with van der Waals surface area (Å²) < 4.78 is 9.72. The van der Waals surface area contributed by atoms with Gasteiger partial charge in [0, 0.05) is 65.8 Å². The Hall–Kier alpha value is -13.3. The number of nitrogens with zero attached hydrogens (tertiary/aromatic N) is 4. The van der Waals surface area contributed by atoms with Crippen LogP contribution in [0, 0.1) is 0 Å². The molecule has 0 aliphatic heterocycles. The standard InChI is InChI=1S/2C48H32N2/c1-4-14-33(15-5-1)35-18-12-19-36(30-35)37-20-13-23-40(31-37)50-44-27-26-38(34-16-6-2-7-17-34)32-42(44)48-46(50)29-28-45-47(48)41-24-10-11-25-43(41)49(45)39-21-8-3-9-22-39;1-4-12-33(13-5-1)35-20-22-36(23-21-35)37-24-27-40(28-25-37)50-44-29-26-38(34-14-6-2-7-15-34)32-42(44)48-46(50)31-30-45-47(48)41-18-10-11-19-43(41)49(45)39-16-8-3-9-17-39/h2*1-32H. The van der Waals surface area contributed by atoms with Gasteiger partial charge in [-0.3, -0.25) is 0 Å². The van der Waals surface area contributed by atoms with Crippen molar-refractivity contribution in [2.75, 3.05) is 0 Å². The van der Waals surface area contributed by atoms with Crippen molar-refractivity contribution in [2.45, 2.75) is 0 Å². The van der Waals surface area contributed by atoms with Gasteiger partial charge in [0.05, 0.1) is 44.1 Å². The normalized spacial score (nSPS) is 11.6. The molecular weight excluding hydrogens is 1210 g/mol. The van der Waals surface area contributed by atoms with Crippen LogP contribution in [0.2, 0.25) is 0 Å². The minimum absolute atomic E-state index is 1.14. The van der Waals surface area contributed by atoms with E-state index in [0.717, 1.165) is 17.1 Å². The van der Waals surface area contributed by atoms with Gasteiger partial charge < -0.3 is 18.3 Å². The van der Waals surface area contributed by atoms with Gasteiger partial charge >= 0.3 is 0 Å². The lowest BCUT2D eigenvalue weighted by atomic mass is 9.99. The van der Waals surface area contributed by atoms with Crippen molar-refractivity contribution >= 4 is 87.2 Å². The molecule has 0 radical (unpaired) electrons. The van der Waals surface area contributed by atoms with Crippen molar-refractivity contribution in [1.29, 1.82) is 0 Å². The van der Waals surface area contributed by atoms with Crippen LogP contribution in [0.4, 0.5) is 0 Å². The van der Waals surface area contributed by atoms with Crippen LogP contribution in [0.25, 0.3) is 177 Å². The number of hydrogen-bond acceptors (Lipinski definition) is 0. The lowest BCUT2D eigenvalue weighted by Gasteiger charge is -2.12. The van der Waals surface area contributed by atoms with Gasteiger partial charge in [0.15, 0.2) is 0 Å². The predicted molar refractivity (Wildman–Crippen MR) is 423 cm³/mol. The number of fused-ring (bicyclic) bond motifs is 14. The highest BCUT2D eigenvalue weighted by molar-refractivity contribution is 6.31. The van der Waals surface area contributed by atoms with Gasteiger partial charge in [0.25, 0.3) is 0 Å². The second kappa shape index (κ2) is 24.4. The number of aromatic nitrogens is 4. The number of para-hydroxylation sites is 4. The Labute approximate surface area is 579 Å². The van der Waals surface area contributed by atoms with Crippen molar-refractivity contribution in [3.05, 3.63) is 388 Å². The van der Waals surface area contributed by atoms with E-state index in [2.05, 4.69) is 407 Å². The average Bonchev–Trinajstić information content (AvgIpc) is 1.55. The molecule has 20 rings (SSSR count). The third kappa shape index (κ3) is 9.92. The molecule has 0 saturated carbocycles. The highest BCUT2D eigenvalue weighted by Crippen LogP contribution is 2.46. The van der Waals surface area contributed by atoms with Crippen molar-refractivity contribution in [1.82, 2.24) is 18.3 Å². The zero-order valence-corrected chi connectivity index (χ0v) is 54.7. The van der Waals surface area contributed by atoms with Crippen LogP contribution in [0.3, 0.4) is 0 Å². The molecule has 0 aliphatic carbocycles. The van der Waals surface area contributed by atoms with E-state index < -0.39 is 0 Å². The molecule has 0 N–H and O–H groups in total. The first kappa shape index (κ1) is 58.1. The van der Waals surface area contributed by atoms with Gasteiger partial charge in [-0.1, -0.05) is 273 Å². The minimum Gasteiger partial charge on any atom is -0.309 e. The summed E-state index contributed by atoms with van der Waals surface area (Å²) in [5.41, 5.74) is 28.8. The maximum atomic E-state index is 2.46. The van der Waals surface area contributed by atoms with Crippen LogP contribution >= 0.6 is 0 Å². The smallest absolute Gasteiger partial charge is 0.0548 e. The quantitative estimate of drug-likeness (QED) is 0.130. The van der Waals surface area contributed by atoms with E-state index >= 15 is 0 Å². The fourth-order valence-electron chi connectivity index (χ4n) is 15.6. The van der Waals surface area contributed by atoms with Crippen LogP contribution < -0.4 is 0 Å². The van der Waals surface area contributed by atoms with Crippen molar-refractivity contribution < 1.29 is 0 Å². The Morgan fingerprint density at radius 3 is 0.760 bits per heavy atom. The fraction of sp³-hybridized carbons (Fsp3) is 0. The molecular formula is C96H64N4. The van der Waals surface area contributed by atoms with Crippen LogP contribution in [0.1, 0.15) is 0 Å². The molecule has 0 bridgehead atoms. The summed E-state index contributed by atoms with van der Waals surface area (Å²) in [5, 5.41) is 10.1. The largest absolute Gasteiger partial charge is 0.309 e. The molecule has 0 spiro atoms. The zero-order valence-electron chi connectivity index (χ0n) is 54.7. The molecule has 20 aromatic rings. The van der Waals surface area contributed by atoms with E-state index in [-0.39, 0.29) is 0 Å². The van der Waals surface area contributed by atoms with Crippen molar-refractivity contribution in [2.24, 2.45) is 0 Å². The third-order valence-electron chi connectivity index (χ3n) is 20.2. The lowest BCUT2D eigenvalue weighted by Crippen LogP contribution is -1.95. The van der Waals surface area contributed by atoms with E-state index in [1.54, 1.807) is 0 Å². The monoisotopic (exact) mass is 1270 g/mol. The summed E-state index contributed by atoms with van der Waals surface area (Å²) in [4.78, 5) is 0. The van der Waals surface area contributed by atoms with Gasteiger partial charge in [0.2, 0.25) is 0 Å². The molecule has 0 unspecified atom stereocenters. The predicted octanol–water partition coefficient (Wildman–Crippen LogP) is 25.8. The number of rotatable bonds is 10. The van der Waals surface area contributed by atoms with Gasteiger partial charge in [-0.05, 0) is 182 Å². The molecule has 4 aromatic heterocycles. The number of hydrogen-bond donors (Lipinski definition) is 0. The van der Waals surface area contributed by atoms with E-state index in [9.17, 15) is 0 Å². The molecule has 0 atom stereocenters. The van der Waals surface area contributed by atoms with Gasteiger partial charge in [-0.2, -0.15) is 0 Å². The number of benzene rings is 16. The maximum Gasteiger partial charge on any atom is 0.0548 e. The molecule has 468 valence electrons. The summed E-state index contributed by atoms with van der Waals surface area (Å²) in [6.07, 6.45) is 0. The third-order valence-corrected chi connectivity index (χ3v) is 20.2. The van der Waals surface area contributed by atoms with Crippen molar-refractivity contribution in [3.8, 4) is 89.5 Å². The molecule has 100 heavy (non-hydrogen) atoms. The van der Waals surface area contributed by atoms with Crippen LogP contribution in [-0.2, 0) is 0 Å². The molecule has 0 saturated heterocycles. The lowest BCUT2D eigenvalue weighted by molar-refractivity contribution is 1.17. The molecule has 4 heterocycles. The van der Waals surface area contributed by atoms with Crippen LogP contribution in [0.5, 0.6) is 0 Å². The first-order chi connectivity index (χ1) is 49.6. The van der Waals surface area contributed by atoms with Crippen LogP contribution in [0.15, 0.2) is 388 Å². The minimum atomic E-state index is 1.14. The first-order valence-electron chi connectivity index (χ1n) is 34.4. The second-order valence-corrected chi connectivity index (χ2v) is 25.9. The summed E-state index contributed by atoms with van der Waals surface area (Å²) in [5.74, 6) is 0. The summed E-state index contributed by atoms with van der Waals surface area (Å²) >= 11 is 0. The molecule has 0 aliphatic rings. The summed E-state index contributed by atoms with van der Waals surface area (Å²) in [6, 6.07) is 141. The Bertz CT molecular complexity index is 6440. The molecule has 0 amide bonds. The van der Waals surface area contributed by atoms with E-state index in [0.29, 0.717) is 0 Å². The molecule has 0 fully saturated rings. The van der Waals surface area contributed by atoms with Gasteiger partial charge in [0.1, 0.15) is 0 Å². The first-order valence-corrected chi connectivity index (χ1v) is 34.4. The second-order valence-electron chi connectivity index (χ2n) is 25.9. The SMILES string of the molecule is c1ccc(-c2ccc(-c3ccc(-n4c5ccc(-c6ccccc6)cc5c5c6c7ccccc7n(-c7ccccc7)c6ccc54)cc3)cc2)cc1.c1ccc(-c2cccc(-c3cccc(-n4c5ccc(-c6ccccc6)cc5c5c6c7ccccc7n(-c7ccccc7)c6ccc54)c3)c2)cc1. The Morgan fingerprint density at radius 1 is 0.120 bits per heavy atom. The van der Waals surface area contributed by atoms with Crippen LogP contribution in [-0.4, -0.2) is 18.3 Å². The van der Waals surface area contributed by atoms with Gasteiger partial charge in [-0.15, -0.1) is 0 Å². The molecule has 4 heteroatoms. The highest BCUT2D eigenvalue weighted by Gasteiger charge is 2.24. The highest BCUT2D eigenvalue weighted by atomic mass is 15.0. The van der Waals surface area contributed by atoms with E-state index in [1.807, 2.05) is 0 Å². The Kier molecular flexibility index (Phi) is 14.2. The summed E-state index contributed by atoms with van der Waals surface area (Å²) in [6.45, 7) is 0. The molecule has 16 aromatic carbocycles. The van der Waals surface area contributed by atoms with E-state index in [4.69, 9.17) is 0 Å². The Balaban J connectivity index is 0.000000139. The summed E-state index contributed by atoms with van der Waals surface area (Å²) in [7, 11) is 0. The van der Waals surface area contributed by atoms with Gasteiger partial charge in [-0.25, -0.2) is 0 Å². The topological polar surface area (TPSA) is 19.7 Å². The zero-order chi connectivity index (χ0) is 66.0. The van der Waals surface area contributed by atoms with E-state index in [1.165, 1.54) is 160 Å².